The van der Waals surface area contributed by atoms with Gasteiger partial charge in [-0.15, -0.1) is 0 Å². The first-order chi connectivity index (χ1) is 12.2. The van der Waals surface area contributed by atoms with Crippen molar-refractivity contribution in [1.29, 1.82) is 0 Å². The Labute approximate surface area is 150 Å². The van der Waals surface area contributed by atoms with Crippen molar-refractivity contribution in [3.8, 4) is 0 Å². The van der Waals surface area contributed by atoms with E-state index >= 15 is 0 Å². The number of carbonyl (C=O) groups excluding carboxylic acids is 1. The molecule has 0 aliphatic carbocycles. The van der Waals surface area contributed by atoms with E-state index in [1.54, 1.807) is 25.1 Å². The Balaban J connectivity index is 1.99. The lowest BCUT2D eigenvalue weighted by atomic mass is 10.1. The second kappa shape index (κ2) is 7.93. The Morgan fingerprint density at radius 1 is 1.19 bits per heavy atom. The van der Waals surface area contributed by atoms with E-state index in [0.29, 0.717) is 11.3 Å². The molecular weight excluding hydrogens is 360 g/mol. The molecule has 0 bridgehead atoms. The Bertz CT molecular complexity index is 943. The molecule has 0 fully saturated rings. The van der Waals surface area contributed by atoms with E-state index in [2.05, 4.69) is 10.6 Å². The van der Waals surface area contributed by atoms with E-state index in [9.17, 15) is 23.3 Å². The number of hydrogen-bond acceptors (Lipinski definition) is 6. The largest absolute Gasteiger partial charge is 0.378 e. The molecule has 0 saturated heterocycles. The predicted octanol–water partition coefficient (Wildman–Crippen LogP) is 1.39. The van der Waals surface area contributed by atoms with Crippen LogP contribution in [0.2, 0.25) is 0 Å². The van der Waals surface area contributed by atoms with Crippen LogP contribution in [0.25, 0.3) is 0 Å². The van der Waals surface area contributed by atoms with Crippen molar-refractivity contribution >= 4 is 27.3 Å². The van der Waals surface area contributed by atoms with Crippen molar-refractivity contribution in [2.45, 2.75) is 11.8 Å². The second-order valence-electron chi connectivity index (χ2n) is 5.48. The maximum atomic E-state index is 12.2. The average molecular weight is 378 g/mol. The summed E-state index contributed by atoms with van der Waals surface area (Å²) in [5, 5.41) is 21.5. The third-order valence-corrected chi connectivity index (χ3v) is 4.52. The number of benzene rings is 2. The van der Waals surface area contributed by atoms with Gasteiger partial charge < -0.3 is 10.6 Å². The molecule has 1 amide bonds. The molecular formula is C16H18N4O5S. The molecule has 2 rings (SSSR count). The van der Waals surface area contributed by atoms with Crippen LogP contribution in [0.4, 0.5) is 11.4 Å². The Morgan fingerprint density at radius 2 is 1.88 bits per heavy atom. The van der Waals surface area contributed by atoms with Crippen molar-refractivity contribution in [2.24, 2.45) is 5.14 Å². The maximum Gasteiger partial charge on any atom is 0.292 e. The zero-order chi connectivity index (χ0) is 19.3. The number of nitro benzene ring substituents is 1. The predicted molar refractivity (Wildman–Crippen MR) is 96.5 cm³/mol. The Morgan fingerprint density at radius 3 is 2.54 bits per heavy atom. The summed E-state index contributed by atoms with van der Waals surface area (Å²) in [4.78, 5) is 22.5. The van der Waals surface area contributed by atoms with Gasteiger partial charge in [-0.1, -0.05) is 18.2 Å². The summed E-state index contributed by atoms with van der Waals surface area (Å²) in [6.45, 7) is 2.11. The number of hydrogen-bond donors (Lipinski definition) is 3. The van der Waals surface area contributed by atoms with E-state index in [0.717, 1.165) is 0 Å². The number of anilines is 1. The summed E-state index contributed by atoms with van der Waals surface area (Å²) in [7, 11) is -3.91. The van der Waals surface area contributed by atoms with Gasteiger partial charge in [-0.05, 0) is 30.7 Å². The molecule has 0 atom stereocenters. The molecule has 0 unspecified atom stereocenters. The van der Waals surface area contributed by atoms with Crippen molar-refractivity contribution in [3.63, 3.8) is 0 Å². The molecule has 138 valence electrons. The fourth-order valence-corrected chi connectivity index (χ4v) is 2.81. The number of nitro groups is 1. The lowest BCUT2D eigenvalue weighted by Gasteiger charge is -2.10. The minimum absolute atomic E-state index is 0.0597. The van der Waals surface area contributed by atoms with E-state index < -0.39 is 20.9 Å². The fraction of sp³-hybridized carbons (Fsp3) is 0.188. The highest BCUT2D eigenvalue weighted by Gasteiger charge is 2.15. The summed E-state index contributed by atoms with van der Waals surface area (Å²) in [5.74, 6) is -0.461. The topological polar surface area (TPSA) is 144 Å². The van der Waals surface area contributed by atoms with Crippen molar-refractivity contribution in [1.82, 2.24) is 5.32 Å². The standard InChI is InChI=1S/C16H18N4O5S/c1-11-6-7-12(26(17,24)25)10-13(11)16(21)19-9-8-18-14-4-2-3-5-15(14)20(22)23/h2-7,10,18H,8-9H2,1H3,(H,19,21)(H2,17,24,25). The third-order valence-electron chi connectivity index (χ3n) is 3.61. The molecule has 26 heavy (non-hydrogen) atoms. The smallest absolute Gasteiger partial charge is 0.292 e. The van der Waals surface area contributed by atoms with Gasteiger partial charge in [-0.3, -0.25) is 14.9 Å². The van der Waals surface area contributed by atoms with Crippen LogP contribution in [-0.4, -0.2) is 32.3 Å². The van der Waals surface area contributed by atoms with Crippen LogP contribution in [0.1, 0.15) is 15.9 Å². The molecule has 0 aliphatic rings. The average Bonchev–Trinajstić information content (AvgIpc) is 2.58. The van der Waals surface area contributed by atoms with Gasteiger partial charge >= 0.3 is 0 Å². The molecule has 0 heterocycles. The first-order valence-electron chi connectivity index (χ1n) is 7.59. The number of carbonyl (C=O) groups is 1. The lowest BCUT2D eigenvalue weighted by molar-refractivity contribution is -0.384. The number of aryl methyl sites for hydroxylation is 1. The monoisotopic (exact) mass is 378 g/mol. The number of amides is 1. The van der Waals surface area contributed by atoms with E-state index in [-0.39, 0.29) is 29.2 Å². The van der Waals surface area contributed by atoms with E-state index in [1.165, 1.54) is 24.3 Å². The molecule has 0 saturated carbocycles. The number of nitrogens with zero attached hydrogens (tertiary/aromatic N) is 1. The van der Waals surface area contributed by atoms with Gasteiger partial charge in [0.1, 0.15) is 5.69 Å². The van der Waals surface area contributed by atoms with Gasteiger partial charge in [0.2, 0.25) is 10.0 Å². The van der Waals surface area contributed by atoms with Crippen molar-refractivity contribution in [2.75, 3.05) is 18.4 Å². The van der Waals surface area contributed by atoms with Gasteiger partial charge in [-0.25, -0.2) is 13.6 Å². The highest BCUT2D eigenvalue weighted by Crippen LogP contribution is 2.22. The van der Waals surface area contributed by atoms with Gasteiger partial charge in [0, 0.05) is 24.7 Å². The third kappa shape index (κ3) is 4.77. The minimum Gasteiger partial charge on any atom is -0.378 e. The molecule has 0 spiro atoms. The number of sulfonamides is 1. The van der Waals surface area contributed by atoms with Gasteiger partial charge in [0.05, 0.1) is 9.82 Å². The molecule has 9 nitrogen and oxygen atoms in total. The summed E-state index contributed by atoms with van der Waals surface area (Å²) in [6, 6.07) is 10.2. The molecule has 0 aliphatic heterocycles. The maximum absolute atomic E-state index is 12.2. The first-order valence-corrected chi connectivity index (χ1v) is 9.13. The van der Waals surface area contributed by atoms with Crippen LogP contribution in [-0.2, 0) is 10.0 Å². The van der Waals surface area contributed by atoms with Crippen LogP contribution < -0.4 is 15.8 Å². The Kier molecular flexibility index (Phi) is 5.90. The zero-order valence-corrected chi connectivity index (χ0v) is 14.7. The van der Waals surface area contributed by atoms with Gasteiger partial charge in [0.15, 0.2) is 0 Å². The Hall–Kier alpha value is -2.98. The molecule has 2 aromatic carbocycles. The first kappa shape index (κ1) is 19.3. The van der Waals surface area contributed by atoms with Gasteiger partial charge in [0.25, 0.3) is 11.6 Å². The van der Waals surface area contributed by atoms with Crippen LogP contribution in [0.3, 0.4) is 0 Å². The molecule has 2 aromatic rings. The lowest BCUT2D eigenvalue weighted by Crippen LogP contribution is -2.29. The van der Waals surface area contributed by atoms with Crippen LogP contribution in [0.5, 0.6) is 0 Å². The SMILES string of the molecule is Cc1ccc(S(N)(=O)=O)cc1C(=O)NCCNc1ccccc1[N+](=O)[O-]. The molecule has 0 aromatic heterocycles. The zero-order valence-electron chi connectivity index (χ0n) is 13.9. The number of nitrogens with one attached hydrogen (secondary N) is 2. The summed E-state index contributed by atoms with van der Waals surface area (Å²) < 4.78 is 22.8. The molecule has 10 heteroatoms. The minimum atomic E-state index is -3.91. The number of nitrogens with two attached hydrogens (primary N) is 1. The quantitative estimate of drug-likeness (QED) is 0.377. The molecule has 0 radical (unpaired) electrons. The molecule has 4 N–H and O–H groups in total. The van der Waals surface area contributed by atoms with Crippen LogP contribution in [0, 0.1) is 17.0 Å². The second-order valence-corrected chi connectivity index (χ2v) is 7.04. The van der Waals surface area contributed by atoms with Gasteiger partial charge in [-0.2, -0.15) is 0 Å². The van der Waals surface area contributed by atoms with Crippen molar-refractivity contribution < 1.29 is 18.1 Å². The summed E-state index contributed by atoms with van der Waals surface area (Å²) >= 11 is 0. The summed E-state index contributed by atoms with van der Waals surface area (Å²) in [5.41, 5.74) is 1.08. The number of primary sulfonamides is 1. The van der Waals surface area contributed by atoms with Crippen LogP contribution in [0.15, 0.2) is 47.4 Å². The van der Waals surface area contributed by atoms with E-state index in [4.69, 9.17) is 5.14 Å². The van der Waals surface area contributed by atoms with Crippen LogP contribution >= 0.6 is 0 Å². The number of rotatable bonds is 7. The highest BCUT2D eigenvalue weighted by molar-refractivity contribution is 7.89. The van der Waals surface area contributed by atoms with E-state index in [1.807, 2.05) is 0 Å². The number of para-hydroxylation sites is 2. The normalized spacial score (nSPS) is 11.0. The fourth-order valence-electron chi connectivity index (χ4n) is 2.27. The van der Waals surface area contributed by atoms with Crippen molar-refractivity contribution in [3.05, 3.63) is 63.7 Å². The highest BCUT2D eigenvalue weighted by atomic mass is 32.2. The summed E-state index contributed by atoms with van der Waals surface area (Å²) in [6.07, 6.45) is 0.